The van der Waals surface area contributed by atoms with Crippen LogP contribution in [0.2, 0.25) is 0 Å². The summed E-state index contributed by atoms with van der Waals surface area (Å²) >= 11 is 0. The van der Waals surface area contributed by atoms with Gasteiger partial charge >= 0.3 is 0 Å². The third-order valence-corrected chi connectivity index (χ3v) is 5.31. The van der Waals surface area contributed by atoms with Crippen molar-refractivity contribution in [2.75, 3.05) is 13.1 Å². The van der Waals surface area contributed by atoms with Crippen molar-refractivity contribution in [2.24, 2.45) is 0 Å². The number of hydrogen-bond acceptors (Lipinski definition) is 2. The van der Waals surface area contributed by atoms with Crippen LogP contribution in [0.3, 0.4) is 0 Å². The molecule has 0 bridgehead atoms. The number of rotatable bonds is 13. The molecule has 0 saturated carbocycles. The highest BCUT2D eigenvalue weighted by molar-refractivity contribution is 5.21. The van der Waals surface area contributed by atoms with E-state index in [0.717, 1.165) is 6.54 Å². The molecule has 0 aliphatic carbocycles. The van der Waals surface area contributed by atoms with Gasteiger partial charge in [-0.3, -0.25) is 0 Å². The van der Waals surface area contributed by atoms with Gasteiger partial charge in [0.25, 0.3) is 0 Å². The molecular weight excluding hydrogens is 304 g/mol. The Morgan fingerprint density at radius 1 is 0.680 bits per heavy atom. The highest BCUT2D eigenvalue weighted by Crippen LogP contribution is 2.30. The molecule has 0 N–H and O–H groups in total. The summed E-state index contributed by atoms with van der Waals surface area (Å²) < 4.78 is 0. The Bertz CT molecular complexity index is 468. The highest BCUT2D eigenvalue weighted by Gasteiger charge is 2.25. The van der Waals surface area contributed by atoms with Crippen LogP contribution >= 0.6 is 0 Å². The molecule has 0 fully saturated rings. The lowest BCUT2D eigenvalue weighted by Crippen LogP contribution is -2.31. The maximum atomic E-state index is 2.52. The summed E-state index contributed by atoms with van der Waals surface area (Å²) in [6, 6.07) is 10.9. The topological polar surface area (TPSA) is 6.48 Å². The molecule has 1 aromatic carbocycles. The van der Waals surface area contributed by atoms with E-state index in [-0.39, 0.29) is 0 Å². The Morgan fingerprint density at radius 3 is 1.84 bits per heavy atom. The van der Waals surface area contributed by atoms with E-state index >= 15 is 0 Å². The summed E-state index contributed by atoms with van der Waals surface area (Å²) in [6.45, 7) is 6.76. The van der Waals surface area contributed by atoms with Gasteiger partial charge in [-0.2, -0.15) is 0 Å². The number of hydrogen-bond donors (Lipinski definition) is 0. The molecule has 140 valence electrons. The molecule has 25 heavy (non-hydrogen) atoms. The predicted molar refractivity (Wildman–Crippen MR) is 109 cm³/mol. The van der Waals surface area contributed by atoms with Crippen molar-refractivity contribution < 1.29 is 0 Å². The summed E-state index contributed by atoms with van der Waals surface area (Å²) in [5.74, 6) is 0. The molecule has 1 aliphatic heterocycles. The van der Waals surface area contributed by atoms with E-state index in [1.165, 1.54) is 76.3 Å². The van der Waals surface area contributed by atoms with E-state index < -0.39 is 0 Å². The molecule has 0 radical (unpaired) electrons. The Balaban J connectivity index is 1.62. The van der Waals surface area contributed by atoms with Crippen molar-refractivity contribution in [1.29, 1.82) is 0 Å². The van der Waals surface area contributed by atoms with Crippen LogP contribution in [0.4, 0.5) is 0 Å². The summed E-state index contributed by atoms with van der Waals surface area (Å²) in [5, 5.41) is 0. The fourth-order valence-corrected chi connectivity index (χ4v) is 3.79. The van der Waals surface area contributed by atoms with E-state index in [1.807, 2.05) is 0 Å². The fourth-order valence-electron chi connectivity index (χ4n) is 3.79. The minimum Gasteiger partial charge on any atom is -0.353 e. The van der Waals surface area contributed by atoms with E-state index in [0.29, 0.717) is 6.17 Å². The van der Waals surface area contributed by atoms with Crippen molar-refractivity contribution in [3.63, 3.8) is 0 Å². The van der Waals surface area contributed by atoms with Gasteiger partial charge < -0.3 is 9.80 Å². The van der Waals surface area contributed by atoms with Crippen molar-refractivity contribution in [3.05, 3.63) is 48.3 Å². The molecule has 1 unspecified atom stereocenters. The largest absolute Gasteiger partial charge is 0.353 e. The number of nitrogens with zero attached hydrogens (tertiary/aromatic N) is 2. The SMILES string of the molecule is CCCCCCCCCCCCN1C=CN(CC)C1c1ccccc1. The van der Waals surface area contributed by atoms with Gasteiger partial charge in [0, 0.05) is 25.5 Å². The molecule has 2 nitrogen and oxygen atoms in total. The first kappa shape index (κ1) is 19.9. The number of unbranched alkanes of at least 4 members (excludes halogenated alkanes) is 9. The van der Waals surface area contributed by atoms with Crippen LogP contribution in [-0.2, 0) is 0 Å². The van der Waals surface area contributed by atoms with Gasteiger partial charge in [0.15, 0.2) is 0 Å². The van der Waals surface area contributed by atoms with Gasteiger partial charge in [-0.25, -0.2) is 0 Å². The van der Waals surface area contributed by atoms with E-state index in [1.54, 1.807) is 0 Å². The van der Waals surface area contributed by atoms with Crippen LogP contribution in [-0.4, -0.2) is 22.9 Å². The monoisotopic (exact) mass is 342 g/mol. The first-order valence-electron chi connectivity index (χ1n) is 10.6. The van der Waals surface area contributed by atoms with Crippen molar-refractivity contribution in [3.8, 4) is 0 Å². The van der Waals surface area contributed by atoms with Crippen LogP contribution in [0, 0.1) is 0 Å². The second-order valence-corrected chi connectivity index (χ2v) is 7.33. The minimum atomic E-state index is 0.393. The van der Waals surface area contributed by atoms with Crippen LogP contribution in [0.1, 0.15) is 89.8 Å². The third-order valence-electron chi connectivity index (χ3n) is 5.31. The van der Waals surface area contributed by atoms with Gasteiger partial charge in [-0.15, -0.1) is 0 Å². The average Bonchev–Trinajstić information content (AvgIpc) is 3.07. The molecule has 2 rings (SSSR count). The van der Waals surface area contributed by atoms with Crippen LogP contribution in [0.15, 0.2) is 42.7 Å². The van der Waals surface area contributed by atoms with Gasteiger partial charge in [-0.1, -0.05) is 95.0 Å². The predicted octanol–water partition coefficient (Wildman–Crippen LogP) is 6.71. The highest BCUT2D eigenvalue weighted by atomic mass is 15.4. The Kier molecular flexibility index (Phi) is 9.54. The van der Waals surface area contributed by atoms with Gasteiger partial charge in [0.1, 0.15) is 6.17 Å². The first-order chi connectivity index (χ1) is 12.4. The molecule has 2 heteroatoms. The van der Waals surface area contributed by atoms with Gasteiger partial charge in [0.2, 0.25) is 0 Å². The van der Waals surface area contributed by atoms with Crippen LogP contribution < -0.4 is 0 Å². The second-order valence-electron chi connectivity index (χ2n) is 7.33. The zero-order valence-electron chi connectivity index (χ0n) is 16.5. The Labute approximate surface area is 155 Å². The Hall–Kier alpha value is -1.44. The summed E-state index contributed by atoms with van der Waals surface area (Å²) in [5.41, 5.74) is 1.40. The average molecular weight is 343 g/mol. The van der Waals surface area contributed by atoms with Crippen LogP contribution in [0.5, 0.6) is 0 Å². The normalized spacial score (nSPS) is 16.8. The van der Waals surface area contributed by atoms with Crippen molar-refractivity contribution in [1.82, 2.24) is 9.80 Å². The molecular formula is C23H38N2. The van der Waals surface area contributed by atoms with E-state index in [4.69, 9.17) is 0 Å². The smallest absolute Gasteiger partial charge is 0.127 e. The molecule has 1 aromatic rings. The fraction of sp³-hybridized carbons (Fsp3) is 0.652. The lowest BCUT2D eigenvalue weighted by molar-refractivity contribution is 0.157. The summed E-state index contributed by atoms with van der Waals surface area (Å²) in [6.07, 6.45) is 19.0. The maximum absolute atomic E-state index is 2.52. The summed E-state index contributed by atoms with van der Waals surface area (Å²) in [4.78, 5) is 4.95. The second kappa shape index (κ2) is 12.0. The zero-order valence-corrected chi connectivity index (χ0v) is 16.5. The lowest BCUT2D eigenvalue weighted by atomic mass is 10.1. The van der Waals surface area contributed by atoms with E-state index in [9.17, 15) is 0 Å². The minimum absolute atomic E-state index is 0.393. The molecule has 1 heterocycles. The molecule has 0 aromatic heterocycles. The molecule has 0 spiro atoms. The standard InChI is InChI=1S/C23H38N2/c1-3-5-6-7-8-9-10-11-12-16-19-25-21-20-24(4-2)23(25)22-17-14-13-15-18-22/h13-15,17-18,20-21,23H,3-12,16,19H2,1-2H3. The Morgan fingerprint density at radius 2 is 1.24 bits per heavy atom. The third kappa shape index (κ3) is 6.76. The zero-order chi connectivity index (χ0) is 17.7. The number of benzene rings is 1. The molecule has 1 aliphatic rings. The maximum Gasteiger partial charge on any atom is 0.127 e. The first-order valence-corrected chi connectivity index (χ1v) is 10.6. The van der Waals surface area contributed by atoms with Crippen LogP contribution in [0.25, 0.3) is 0 Å². The summed E-state index contributed by atoms with van der Waals surface area (Å²) in [7, 11) is 0. The van der Waals surface area contributed by atoms with Gasteiger partial charge in [-0.05, 0) is 18.9 Å². The quantitative estimate of drug-likeness (QED) is 0.367. The molecule has 0 saturated heterocycles. The van der Waals surface area contributed by atoms with Crippen molar-refractivity contribution >= 4 is 0 Å². The molecule has 0 amide bonds. The van der Waals surface area contributed by atoms with Crippen molar-refractivity contribution in [2.45, 2.75) is 84.2 Å². The molecule has 1 atom stereocenters. The van der Waals surface area contributed by atoms with E-state index in [2.05, 4.69) is 66.4 Å². The van der Waals surface area contributed by atoms with Gasteiger partial charge in [0.05, 0.1) is 0 Å². The lowest BCUT2D eigenvalue weighted by Gasteiger charge is -2.32.